The van der Waals surface area contributed by atoms with E-state index in [2.05, 4.69) is 39.4 Å². The molecule has 2 atom stereocenters. The molecule has 2 aliphatic carbocycles. The van der Waals surface area contributed by atoms with Gasteiger partial charge in [-0.1, -0.05) is 12.5 Å². The van der Waals surface area contributed by atoms with Gasteiger partial charge in [0.1, 0.15) is 17.8 Å². The highest BCUT2D eigenvalue weighted by molar-refractivity contribution is 5.77. The summed E-state index contributed by atoms with van der Waals surface area (Å²) in [4.78, 5) is 22.0. The van der Waals surface area contributed by atoms with E-state index in [1.807, 2.05) is 17.6 Å². The SMILES string of the molecule is CN1CCNC(=O)COc2ccc(C3CC3)cc2C(O)N2CCCC[C@H]2c2cc3nc(C4CC4)cc1n3n2. The van der Waals surface area contributed by atoms with Crippen LogP contribution in [-0.4, -0.2) is 63.8 Å². The average Bonchev–Trinajstić information content (AvgIpc) is 3.87. The Hall–Kier alpha value is -3.17. The van der Waals surface area contributed by atoms with Crippen molar-refractivity contribution < 1.29 is 14.6 Å². The first kappa shape index (κ1) is 23.9. The van der Waals surface area contributed by atoms with Gasteiger partial charge in [0.05, 0.1) is 11.7 Å². The Morgan fingerprint density at radius 3 is 2.66 bits per heavy atom. The van der Waals surface area contributed by atoms with E-state index in [0.717, 1.165) is 54.2 Å². The highest BCUT2D eigenvalue weighted by Gasteiger charge is 2.35. The van der Waals surface area contributed by atoms with Gasteiger partial charge in [-0.15, -0.1) is 0 Å². The molecule has 2 N–H and O–H groups in total. The maximum Gasteiger partial charge on any atom is 0.258 e. The van der Waals surface area contributed by atoms with Crippen LogP contribution in [0, 0.1) is 0 Å². The van der Waals surface area contributed by atoms with Crippen molar-refractivity contribution >= 4 is 17.4 Å². The molecular formula is C29H36N6O3. The van der Waals surface area contributed by atoms with Gasteiger partial charge in [0.15, 0.2) is 12.3 Å². The van der Waals surface area contributed by atoms with Gasteiger partial charge in [-0.2, -0.15) is 9.61 Å². The molecule has 4 aliphatic rings. The minimum absolute atomic E-state index is 0.0309. The lowest BCUT2D eigenvalue weighted by molar-refractivity contribution is -0.123. The Kier molecular flexibility index (Phi) is 6.00. The molecule has 4 heterocycles. The maximum absolute atomic E-state index is 12.7. The Labute approximate surface area is 222 Å². The van der Waals surface area contributed by atoms with Crippen molar-refractivity contribution in [3.63, 3.8) is 0 Å². The minimum atomic E-state index is -0.855. The summed E-state index contributed by atoms with van der Waals surface area (Å²) in [5, 5.41) is 19.9. The molecule has 1 amide bonds. The summed E-state index contributed by atoms with van der Waals surface area (Å²) in [6.07, 6.45) is 6.87. The molecule has 1 aromatic carbocycles. The standard InChI is InChI=1S/C29H36N6O3/c1-33-13-11-30-27(36)17-38-25-10-9-20(18-5-6-18)14-21(25)29(37)34-12-3-2-4-24(34)23-15-26-31-22(19-7-8-19)16-28(33)35(26)32-23/h9-10,14-16,18-19,24,29,37H,2-8,11-13,17H2,1H3,(H,30,36)/t24-,29?/m0/s1. The van der Waals surface area contributed by atoms with Crippen LogP contribution in [0.5, 0.6) is 5.75 Å². The second-order valence-electron chi connectivity index (χ2n) is 11.4. The summed E-state index contributed by atoms with van der Waals surface area (Å²) in [5.74, 6) is 2.44. The number of aromatic nitrogens is 3. The monoisotopic (exact) mass is 516 g/mol. The first-order valence-electron chi connectivity index (χ1n) is 14.1. The van der Waals surface area contributed by atoms with Crippen molar-refractivity contribution in [2.75, 3.05) is 38.2 Å². The minimum Gasteiger partial charge on any atom is -0.483 e. The van der Waals surface area contributed by atoms with E-state index < -0.39 is 6.23 Å². The smallest absolute Gasteiger partial charge is 0.258 e. The molecule has 2 bridgehead atoms. The van der Waals surface area contributed by atoms with Gasteiger partial charge in [0.25, 0.3) is 5.91 Å². The number of hydrogen-bond donors (Lipinski definition) is 2. The van der Waals surface area contributed by atoms with Gasteiger partial charge in [-0.3, -0.25) is 9.69 Å². The van der Waals surface area contributed by atoms with E-state index in [4.69, 9.17) is 14.8 Å². The van der Waals surface area contributed by atoms with Crippen molar-refractivity contribution in [3.8, 4) is 5.75 Å². The number of ether oxygens (including phenoxy) is 1. The molecule has 0 spiro atoms. The quantitative estimate of drug-likeness (QED) is 0.537. The molecule has 2 aliphatic heterocycles. The van der Waals surface area contributed by atoms with Gasteiger partial charge in [-0.25, -0.2) is 4.98 Å². The summed E-state index contributed by atoms with van der Waals surface area (Å²) < 4.78 is 7.96. The first-order valence-corrected chi connectivity index (χ1v) is 14.1. The third-order valence-corrected chi connectivity index (χ3v) is 8.52. The molecule has 1 saturated heterocycles. The van der Waals surface area contributed by atoms with Crippen LogP contribution < -0.4 is 15.0 Å². The molecule has 200 valence electrons. The highest BCUT2D eigenvalue weighted by atomic mass is 16.5. The van der Waals surface area contributed by atoms with Crippen LogP contribution in [0.3, 0.4) is 0 Å². The van der Waals surface area contributed by atoms with E-state index in [1.165, 1.54) is 31.2 Å². The van der Waals surface area contributed by atoms with Crippen LogP contribution in [0.2, 0.25) is 0 Å². The molecule has 3 fully saturated rings. The lowest BCUT2D eigenvalue weighted by Crippen LogP contribution is -2.38. The third kappa shape index (κ3) is 4.52. The summed E-state index contributed by atoms with van der Waals surface area (Å²) in [7, 11) is 2.03. The molecular weight excluding hydrogens is 480 g/mol. The molecule has 9 nitrogen and oxygen atoms in total. The normalized spacial score (nSPS) is 25.1. The first-order chi connectivity index (χ1) is 18.5. The number of carbonyl (C=O) groups excluding carboxylic acids is 1. The predicted molar refractivity (Wildman–Crippen MR) is 143 cm³/mol. The number of likely N-dealkylation sites (N-methyl/N-ethyl adjacent to an activating group) is 1. The molecule has 7 rings (SSSR count). The fourth-order valence-electron chi connectivity index (χ4n) is 6.00. The number of aliphatic hydroxyl groups excluding tert-OH is 1. The van der Waals surface area contributed by atoms with Crippen molar-refractivity contribution in [1.82, 2.24) is 24.8 Å². The number of hydrogen-bond acceptors (Lipinski definition) is 7. The number of carbonyl (C=O) groups is 1. The van der Waals surface area contributed by atoms with E-state index in [1.54, 1.807) is 0 Å². The van der Waals surface area contributed by atoms with Gasteiger partial charge >= 0.3 is 0 Å². The van der Waals surface area contributed by atoms with Crippen LogP contribution in [0.25, 0.3) is 5.65 Å². The number of amides is 1. The summed E-state index contributed by atoms with van der Waals surface area (Å²) in [6.45, 7) is 1.81. The second-order valence-corrected chi connectivity index (χ2v) is 11.4. The van der Waals surface area contributed by atoms with Crippen molar-refractivity contribution in [2.45, 2.75) is 69.1 Å². The number of nitrogens with zero attached hydrogens (tertiary/aromatic N) is 5. The molecule has 9 heteroatoms. The highest BCUT2D eigenvalue weighted by Crippen LogP contribution is 2.45. The zero-order valence-corrected chi connectivity index (χ0v) is 22.0. The zero-order chi connectivity index (χ0) is 25.8. The Morgan fingerprint density at radius 2 is 1.84 bits per heavy atom. The number of rotatable bonds is 2. The van der Waals surface area contributed by atoms with Crippen molar-refractivity contribution in [3.05, 3.63) is 52.8 Å². The van der Waals surface area contributed by atoms with Gasteiger partial charge in [0.2, 0.25) is 0 Å². The topological polar surface area (TPSA) is 95.2 Å². The predicted octanol–water partition coefficient (Wildman–Crippen LogP) is 3.65. The van der Waals surface area contributed by atoms with Crippen LogP contribution >= 0.6 is 0 Å². The zero-order valence-electron chi connectivity index (χ0n) is 22.0. The Morgan fingerprint density at radius 1 is 1.00 bits per heavy atom. The Balaban J connectivity index is 1.33. The van der Waals surface area contributed by atoms with Crippen LogP contribution in [0.4, 0.5) is 5.82 Å². The largest absolute Gasteiger partial charge is 0.483 e. The number of nitrogens with one attached hydrogen (secondary N) is 1. The van der Waals surface area contributed by atoms with Gasteiger partial charge in [0, 0.05) is 56.0 Å². The van der Waals surface area contributed by atoms with Crippen LogP contribution in [0.1, 0.15) is 91.6 Å². The van der Waals surface area contributed by atoms with E-state index >= 15 is 0 Å². The summed E-state index contributed by atoms with van der Waals surface area (Å²) in [5.41, 5.74) is 4.87. The summed E-state index contributed by atoms with van der Waals surface area (Å²) >= 11 is 0. The van der Waals surface area contributed by atoms with Gasteiger partial charge < -0.3 is 20.1 Å². The lowest BCUT2D eigenvalue weighted by atomic mass is 9.96. The third-order valence-electron chi connectivity index (χ3n) is 8.52. The lowest BCUT2D eigenvalue weighted by Gasteiger charge is -2.38. The fourth-order valence-corrected chi connectivity index (χ4v) is 6.00. The molecule has 2 saturated carbocycles. The van der Waals surface area contributed by atoms with Crippen LogP contribution in [0.15, 0.2) is 30.3 Å². The second kappa shape index (κ2) is 9.54. The Bertz CT molecular complexity index is 1360. The number of fused-ring (bicyclic) bond motifs is 4. The number of piperidine rings is 1. The molecule has 2 aromatic heterocycles. The van der Waals surface area contributed by atoms with Crippen molar-refractivity contribution in [1.29, 1.82) is 0 Å². The van der Waals surface area contributed by atoms with E-state index in [0.29, 0.717) is 30.7 Å². The molecule has 0 radical (unpaired) electrons. The fraction of sp³-hybridized carbons (Fsp3) is 0.552. The molecule has 1 unspecified atom stereocenters. The average molecular weight is 517 g/mol. The van der Waals surface area contributed by atoms with E-state index in [-0.39, 0.29) is 18.6 Å². The maximum atomic E-state index is 12.7. The molecule has 38 heavy (non-hydrogen) atoms. The number of anilines is 1. The summed E-state index contributed by atoms with van der Waals surface area (Å²) in [6, 6.07) is 10.3. The number of aliphatic hydroxyl groups is 1. The van der Waals surface area contributed by atoms with Crippen LogP contribution in [-0.2, 0) is 4.79 Å². The molecule has 3 aromatic rings. The van der Waals surface area contributed by atoms with Gasteiger partial charge in [-0.05, 0) is 62.1 Å². The van der Waals surface area contributed by atoms with E-state index in [9.17, 15) is 9.90 Å². The van der Waals surface area contributed by atoms with Crippen molar-refractivity contribution in [2.24, 2.45) is 0 Å². The number of benzene rings is 1.